The van der Waals surface area contributed by atoms with E-state index in [1.165, 1.54) is 0 Å². The van der Waals surface area contributed by atoms with Crippen molar-refractivity contribution in [3.8, 4) is 0 Å². The first-order valence-corrected chi connectivity index (χ1v) is 6.40. The minimum absolute atomic E-state index is 0.401. The van der Waals surface area contributed by atoms with E-state index in [0.717, 1.165) is 11.3 Å². The highest BCUT2D eigenvalue weighted by molar-refractivity contribution is 5.77. The van der Waals surface area contributed by atoms with E-state index in [4.69, 9.17) is 0 Å². The number of carboxylic acid groups (broad SMARTS) is 1. The number of rotatable bonds is 5. The van der Waals surface area contributed by atoms with E-state index in [2.05, 4.69) is 15.3 Å². The predicted molar refractivity (Wildman–Crippen MR) is 76.7 cm³/mol. The van der Waals surface area contributed by atoms with Crippen molar-refractivity contribution < 1.29 is 9.90 Å². The van der Waals surface area contributed by atoms with Crippen LogP contribution in [0.3, 0.4) is 0 Å². The summed E-state index contributed by atoms with van der Waals surface area (Å²) in [7, 11) is 0. The minimum atomic E-state index is -0.900. The van der Waals surface area contributed by atoms with Crippen LogP contribution in [0.4, 0.5) is 5.82 Å². The number of nitrogens with zero attached hydrogens (tertiary/aromatic N) is 2. The Labute approximate surface area is 117 Å². The number of benzene rings is 1. The number of anilines is 1. The average molecular weight is 271 g/mol. The molecule has 0 bridgehead atoms. The molecule has 0 radical (unpaired) electrons. The Morgan fingerprint density at radius 2 is 1.95 bits per heavy atom. The normalized spacial score (nSPS) is 11.9. The lowest BCUT2D eigenvalue weighted by molar-refractivity contribution is -0.137. The van der Waals surface area contributed by atoms with Crippen LogP contribution in [0.1, 0.15) is 17.1 Å². The molecule has 1 aromatic carbocycles. The van der Waals surface area contributed by atoms with Gasteiger partial charge in [0.25, 0.3) is 0 Å². The van der Waals surface area contributed by atoms with Crippen molar-refractivity contribution in [2.75, 3.05) is 5.32 Å². The highest BCUT2D eigenvalue weighted by atomic mass is 16.4. The van der Waals surface area contributed by atoms with Gasteiger partial charge in [0.1, 0.15) is 17.7 Å². The molecule has 0 fully saturated rings. The largest absolute Gasteiger partial charge is 0.480 e. The molecular weight excluding hydrogens is 254 g/mol. The molecule has 0 aliphatic carbocycles. The molecule has 2 N–H and O–H groups in total. The number of hydrogen-bond acceptors (Lipinski definition) is 4. The summed E-state index contributed by atoms with van der Waals surface area (Å²) in [5.41, 5.74) is 1.78. The van der Waals surface area contributed by atoms with Gasteiger partial charge in [-0.1, -0.05) is 30.3 Å². The van der Waals surface area contributed by atoms with E-state index in [-0.39, 0.29) is 0 Å². The van der Waals surface area contributed by atoms with Crippen LogP contribution in [0.5, 0.6) is 0 Å². The van der Waals surface area contributed by atoms with Crippen molar-refractivity contribution in [3.05, 3.63) is 53.5 Å². The van der Waals surface area contributed by atoms with Gasteiger partial charge >= 0.3 is 5.97 Å². The third kappa shape index (κ3) is 3.78. The molecule has 0 spiro atoms. The van der Waals surface area contributed by atoms with E-state index < -0.39 is 12.0 Å². The molecule has 0 saturated heterocycles. The summed E-state index contributed by atoms with van der Waals surface area (Å²) in [5.74, 6) is 0.262. The van der Waals surface area contributed by atoms with E-state index in [1.54, 1.807) is 13.0 Å². The fourth-order valence-corrected chi connectivity index (χ4v) is 2.02. The van der Waals surface area contributed by atoms with Crippen LogP contribution in [-0.2, 0) is 11.2 Å². The summed E-state index contributed by atoms with van der Waals surface area (Å²) in [6.45, 7) is 3.64. The van der Waals surface area contributed by atoms with Crippen LogP contribution in [0.25, 0.3) is 0 Å². The Morgan fingerprint density at radius 1 is 1.25 bits per heavy atom. The fourth-order valence-electron chi connectivity index (χ4n) is 2.02. The van der Waals surface area contributed by atoms with E-state index in [0.29, 0.717) is 18.1 Å². The molecule has 0 unspecified atom stereocenters. The lowest BCUT2D eigenvalue weighted by Crippen LogP contribution is -2.32. The summed E-state index contributed by atoms with van der Waals surface area (Å²) in [6.07, 6.45) is 0.401. The number of carboxylic acids is 1. The maximum Gasteiger partial charge on any atom is 0.326 e. The van der Waals surface area contributed by atoms with Gasteiger partial charge in [-0.3, -0.25) is 0 Å². The number of aliphatic carboxylic acids is 1. The molecule has 20 heavy (non-hydrogen) atoms. The second kappa shape index (κ2) is 6.14. The van der Waals surface area contributed by atoms with Crippen LogP contribution >= 0.6 is 0 Å². The van der Waals surface area contributed by atoms with Gasteiger partial charge in [-0.05, 0) is 19.4 Å². The average Bonchev–Trinajstić information content (AvgIpc) is 2.38. The molecule has 0 aliphatic rings. The molecule has 0 saturated carbocycles. The van der Waals surface area contributed by atoms with E-state index >= 15 is 0 Å². The Balaban J connectivity index is 2.15. The highest BCUT2D eigenvalue weighted by Gasteiger charge is 2.18. The van der Waals surface area contributed by atoms with Gasteiger partial charge in [-0.15, -0.1) is 0 Å². The smallest absolute Gasteiger partial charge is 0.326 e. The second-order valence-corrected chi connectivity index (χ2v) is 4.67. The molecule has 2 rings (SSSR count). The molecule has 0 amide bonds. The summed E-state index contributed by atoms with van der Waals surface area (Å²) >= 11 is 0. The maximum atomic E-state index is 11.4. The number of carbonyl (C=O) groups is 1. The lowest BCUT2D eigenvalue weighted by atomic mass is 10.1. The monoisotopic (exact) mass is 271 g/mol. The lowest BCUT2D eigenvalue weighted by Gasteiger charge is -2.15. The van der Waals surface area contributed by atoms with Gasteiger partial charge in [0.2, 0.25) is 0 Å². The second-order valence-electron chi connectivity index (χ2n) is 4.67. The van der Waals surface area contributed by atoms with Crippen molar-refractivity contribution in [1.82, 2.24) is 9.97 Å². The Morgan fingerprint density at radius 3 is 2.55 bits per heavy atom. The van der Waals surface area contributed by atoms with Crippen LogP contribution in [0.15, 0.2) is 36.4 Å². The van der Waals surface area contributed by atoms with Crippen LogP contribution in [-0.4, -0.2) is 27.1 Å². The van der Waals surface area contributed by atoms with Crippen molar-refractivity contribution in [2.45, 2.75) is 26.3 Å². The standard InChI is InChI=1S/C15H17N3O2/c1-10-8-14(17-11(2)16-10)18-13(15(19)20)9-12-6-4-3-5-7-12/h3-8,13H,9H2,1-2H3,(H,19,20)(H,16,17,18)/t13-/m1/s1. The zero-order valence-corrected chi connectivity index (χ0v) is 11.5. The molecular formula is C15H17N3O2. The van der Waals surface area contributed by atoms with E-state index in [1.807, 2.05) is 37.3 Å². The van der Waals surface area contributed by atoms with Gasteiger partial charge < -0.3 is 10.4 Å². The van der Waals surface area contributed by atoms with Gasteiger partial charge in [0.05, 0.1) is 0 Å². The predicted octanol–water partition coefficient (Wildman–Crippen LogP) is 2.20. The Hall–Kier alpha value is -2.43. The molecule has 1 aromatic heterocycles. The zero-order chi connectivity index (χ0) is 14.5. The molecule has 104 valence electrons. The highest BCUT2D eigenvalue weighted by Crippen LogP contribution is 2.11. The van der Waals surface area contributed by atoms with Gasteiger partial charge in [-0.25, -0.2) is 14.8 Å². The van der Waals surface area contributed by atoms with Gasteiger partial charge in [0.15, 0.2) is 0 Å². The third-order valence-corrected chi connectivity index (χ3v) is 2.87. The van der Waals surface area contributed by atoms with Crippen LogP contribution in [0.2, 0.25) is 0 Å². The third-order valence-electron chi connectivity index (χ3n) is 2.87. The molecule has 5 nitrogen and oxygen atoms in total. The molecule has 0 aliphatic heterocycles. The first-order chi connectivity index (χ1) is 9.54. The summed E-state index contributed by atoms with van der Waals surface area (Å²) in [6, 6.07) is 10.5. The maximum absolute atomic E-state index is 11.4. The topological polar surface area (TPSA) is 75.1 Å². The van der Waals surface area contributed by atoms with Gasteiger partial charge in [0, 0.05) is 18.2 Å². The number of aromatic nitrogens is 2. The van der Waals surface area contributed by atoms with Crippen molar-refractivity contribution in [1.29, 1.82) is 0 Å². The number of nitrogens with one attached hydrogen (secondary N) is 1. The summed E-state index contributed by atoms with van der Waals surface area (Å²) in [5, 5.41) is 12.3. The summed E-state index contributed by atoms with van der Waals surface area (Å²) < 4.78 is 0. The van der Waals surface area contributed by atoms with Crippen molar-refractivity contribution in [3.63, 3.8) is 0 Å². The van der Waals surface area contributed by atoms with Crippen LogP contribution < -0.4 is 5.32 Å². The zero-order valence-electron chi connectivity index (χ0n) is 11.5. The first-order valence-electron chi connectivity index (χ1n) is 6.40. The van der Waals surface area contributed by atoms with Gasteiger partial charge in [-0.2, -0.15) is 0 Å². The SMILES string of the molecule is Cc1cc(N[C@H](Cc2ccccc2)C(=O)O)nc(C)n1. The molecule has 1 heterocycles. The fraction of sp³-hybridized carbons (Fsp3) is 0.267. The number of aryl methyl sites for hydroxylation is 2. The summed E-state index contributed by atoms with van der Waals surface area (Å²) in [4.78, 5) is 19.8. The quantitative estimate of drug-likeness (QED) is 0.872. The van der Waals surface area contributed by atoms with Crippen LogP contribution in [0, 0.1) is 13.8 Å². The minimum Gasteiger partial charge on any atom is -0.480 e. The first kappa shape index (κ1) is 14.0. The van der Waals surface area contributed by atoms with Crippen molar-refractivity contribution >= 4 is 11.8 Å². The molecule has 2 aromatic rings. The molecule has 5 heteroatoms. The van der Waals surface area contributed by atoms with Crippen molar-refractivity contribution in [2.24, 2.45) is 0 Å². The van der Waals surface area contributed by atoms with E-state index in [9.17, 15) is 9.90 Å². The number of hydrogen-bond donors (Lipinski definition) is 2. The molecule has 1 atom stereocenters. The Bertz CT molecular complexity index is 579. The Kier molecular flexibility index (Phi) is 4.30.